The fourth-order valence-corrected chi connectivity index (χ4v) is 4.53. The van der Waals surface area contributed by atoms with Gasteiger partial charge in [0, 0.05) is 16.3 Å². The number of para-hydroxylation sites is 1. The third-order valence-electron chi connectivity index (χ3n) is 6.44. The molecule has 0 saturated heterocycles. The van der Waals surface area contributed by atoms with Crippen LogP contribution in [0.15, 0.2) is 108 Å². The number of furan rings is 1. The van der Waals surface area contributed by atoms with Gasteiger partial charge in [-0.25, -0.2) is 9.13 Å². The van der Waals surface area contributed by atoms with Crippen LogP contribution in [0, 0.1) is 0 Å². The minimum Gasteiger partial charge on any atom is -0.456 e. The summed E-state index contributed by atoms with van der Waals surface area (Å²) in [7, 11) is 0. The third-order valence-corrected chi connectivity index (χ3v) is 6.44. The largest absolute Gasteiger partial charge is 0.456 e. The summed E-state index contributed by atoms with van der Waals surface area (Å²) in [6.07, 6.45) is 5.98. The summed E-state index contributed by atoms with van der Waals surface area (Å²) < 4.78 is 10.0. The molecule has 0 spiro atoms. The lowest BCUT2D eigenvalue weighted by Crippen LogP contribution is -2.36. The lowest BCUT2D eigenvalue weighted by Gasteiger charge is -2.08. The van der Waals surface area contributed by atoms with Gasteiger partial charge in [-0.3, -0.25) is 4.79 Å². The van der Waals surface area contributed by atoms with Crippen molar-refractivity contribution in [1.82, 2.24) is 4.57 Å². The molecule has 160 valence electrons. The zero-order chi connectivity index (χ0) is 22.4. The zero-order valence-electron chi connectivity index (χ0n) is 18.3. The first-order chi connectivity index (χ1) is 16.2. The number of fused-ring (bicyclic) bond motifs is 4. The molecule has 0 amide bonds. The Morgan fingerprint density at radius 1 is 0.879 bits per heavy atom. The Kier molecular flexibility index (Phi) is 4.58. The number of hydrogen-bond acceptors (Lipinski definition) is 2. The molecule has 0 saturated carbocycles. The number of nitrogens with zero attached hydrogens (tertiary/aromatic N) is 2. The number of hydrogen-bond donors (Lipinski definition) is 0. The van der Waals surface area contributed by atoms with Crippen molar-refractivity contribution in [2.45, 2.75) is 19.5 Å². The van der Waals surface area contributed by atoms with Gasteiger partial charge < -0.3 is 4.42 Å². The molecule has 0 N–H and O–H groups in total. The van der Waals surface area contributed by atoms with Crippen LogP contribution in [0.4, 0.5) is 0 Å². The first-order valence-corrected chi connectivity index (χ1v) is 11.2. The first kappa shape index (κ1) is 19.5. The van der Waals surface area contributed by atoms with Crippen molar-refractivity contribution in [2.24, 2.45) is 0 Å². The SMILES string of the molecule is CC(c1ccc2oc3ccccc3c2c1)n1cc[n+](CC(=O)c2ccc3ccccc3c2)c1. The number of Topliss-reactive ketones (excluding diaryl/α,β-unsaturated/α-hetero) is 1. The summed E-state index contributed by atoms with van der Waals surface area (Å²) in [4.78, 5) is 12.9. The van der Waals surface area contributed by atoms with E-state index in [1.54, 1.807) is 0 Å². The highest BCUT2D eigenvalue weighted by molar-refractivity contribution is 6.05. The maximum Gasteiger partial charge on any atom is 0.244 e. The molecule has 0 aliphatic carbocycles. The zero-order valence-corrected chi connectivity index (χ0v) is 18.3. The molecule has 1 unspecified atom stereocenters. The lowest BCUT2D eigenvalue weighted by atomic mass is 10.0. The number of carbonyl (C=O) groups is 1. The molecule has 4 nitrogen and oxygen atoms in total. The van der Waals surface area contributed by atoms with E-state index < -0.39 is 0 Å². The summed E-state index contributed by atoms with van der Waals surface area (Å²) in [6, 6.07) is 28.6. The lowest BCUT2D eigenvalue weighted by molar-refractivity contribution is -0.682. The molecule has 2 heterocycles. The molecule has 4 heteroatoms. The van der Waals surface area contributed by atoms with Gasteiger partial charge in [0.05, 0.1) is 0 Å². The molecule has 6 rings (SSSR count). The summed E-state index contributed by atoms with van der Waals surface area (Å²) in [5.41, 5.74) is 3.73. The second-order valence-electron chi connectivity index (χ2n) is 8.55. The van der Waals surface area contributed by atoms with Crippen LogP contribution in [0.1, 0.15) is 28.9 Å². The highest BCUT2D eigenvalue weighted by Gasteiger charge is 2.18. The van der Waals surface area contributed by atoms with E-state index in [0.29, 0.717) is 6.54 Å². The van der Waals surface area contributed by atoms with Gasteiger partial charge in [0.25, 0.3) is 0 Å². The van der Waals surface area contributed by atoms with Crippen molar-refractivity contribution in [1.29, 1.82) is 0 Å². The fourth-order valence-electron chi connectivity index (χ4n) is 4.53. The minimum atomic E-state index is 0.0995. The predicted octanol–water partition coefficient (Wildman–Crippen LogP) is 6.32. The van der Waals surface area contributed by atoms with Gasteiger partial charge in [-0.2, -0.15) is 0 Å². The van der Waals surface area contributed by atoms with Crippen molar-refractivity contribution in [3.8, 4) is 0 Å². The smallest absolute Gasteiger partial charge is 0.244 e. The Morgan fingerprint density at radius 2 is 1.67 bits per heavy atom. The number of aromatic nitrogens is 2. The number of rotatable bonds is 5. The minimum absolute atomic E-state index is 0.0995. The van der Waals surface area contributed by atoms with E-state index in [1.165, 1.54) is 5.56 Å². The number of imidazole rings is 1. The average molecular weight is 432 g/mol. The van der Waals surface area contributed by atoms with Crippen LogP contribution in [-0.2, 0) is 6.54 Å². The predicted molar refractivity (Wildman–Crippen MR) is 130 cm³/mol. The molecular formula is C29H23N2O2+. The molecule has 0 bridgehead atoms. The Hall–Kier alpha value is -4.18. The fraction of sp³-hybridized carbons (Fsp3) is 0.103. The molecule has 6 aromatic rings. The second kappa shape index (κ2) is 7.75. The Bertz CT molecular complexity index is 1640. The van der Waals surface area contributed by atoms with Crippen molar-refractivity contribution >= 4 is 38.5 Å². The first-order valence-electron chi connectivity index (χ1n) is 11.2. The molecule has 1 atom stereocenters. The van der Waals surface area contributed by atoms with Crippen LogP contribution in [0.5, 0.6) is 0 Å². The number of benzene rings is 4. The van der Waals surface area contributed by atoms with Crippen LogP contribution in [0.2, 0.25) is 0 Å². The van der Waals surface area contributed by atoms with Crippen molar-refractivity contribution in [3.63, 3.8) is 0 Å². The van der Waals surface area contributed by atoms with E-state index in [0.717, 1.165) is 38.3 Å². The Balaban J connectivity index is 1.25. The van der Waals surface area contributed by atoms with Gasteiger partial charge in [0.1, 0.15) is 29.6 Å². The number of carbonyl (C=O) groups excluding carboxylic acids is 1. The summed E-state index contributed by atoms with van der Waals surface area (Å²) in [6.45, 7) is 2.47. The van der Waals surface area contributed by atoms with Gasteiger partial charge in [0.2, 0.25) is 12.1 Å². The van der Waals surface area contributed by atoms with Gasteiger partial charge in [-0.05, 0) is 47.5 Å². The average Bonchev–Trinajstić information content (AvgIpc) is 3.47. The maximum atomic E-state index is 12.9. The highest BCUT2D eigenvalue weighted by Crippen LogP contribution is 2.31. The van der Waals surface area contributed by atoms with Crippen molar-refractivity contribution in [3.05, 3.63) is 115 Å². The molecule has 0 radical (unpaired) electrons. The quantitative estimate of drug-likeness (QED) is 0.237. The standard InChI is InChI=1S/C29H23N2O2/c1-20(22-12-13-29-26(17-22)25-8-4-5-9-28(25)33-29)31-15-14-30(19-31)18-27(32)24-11-10-21-6-2-3-7-23(21)16-24/h2-17,19-20H,18H2,1H3/q+1. The molecule has 0 fully saturated rings. The van der Waals surface area contributed by atoms with E-state index in [4.69, 9.17) is 4.42 Å². The number of ketones is 1. The summed E-state index contributed by atoms with van der Waals surface area (Å²) in [5, 5.41) is 4.48. The van der Waals surface area contributed by atoms with E-state index in [1.807, 2.05) is 84.0 Å². The second-order valence-corrected chi connectivity index (χ2v) is 8.55. The van der Waals surface area contributed by atoms with E-state index in [9.17, 15) is 4.79 Å². The van der Waals surface area contributed by atoms with E-state index >= 15 is 0 Å². The van der Waals surface area contributed by atoms with Gasteiger partial charge in [0.15, 0.2) is 6.54 Å². The normalized spacial score (nSPS) is 12.5. The van der Waals surface area contributed by atoms with Crippen LogP contribution in [0.3, 0.4) is 0 Å². The monoisotopic (exact) mass is 431 g/mol. The van der Waals surface area contributed by atoms with Crippen molar-refractivity contribution < 1.29 is 13.8 Å². The molecular weight excluding hydrogens is 408 g/mol. The molecule has 0 aliphatic heterocycles. The molecule has 2 aromatic heterocycles. The van der Waals surface area contributed by atoms with Gasteiger partial charge in [-0.15, -0.1) is 0 Å². The summed E-state index contributed by atoms with van der Waals surface area (Å²) in [5.74, 6) is 0.0995. The summed E-state index contributed by atoms with van der Waals surface area (Å²) >= 11 is 0. The molecule has 4 aromatic carbocycles. The van der Waals surface area contributed by atoms with Crippen molar-refractivity contribution in [2.75, 3.05) is 0 Å². The Labute approximate surface area is 191 Å². The van der Waals surface area contributed by atoms with Crippen LogP contribution >= 0.6 is 0 Å². The Morgan fingerprint density at radius 3 is 2.58 bits per heavy atom. The van der Waals surface area contributed by atoms with Crippen LogP contribution in [-0.4, -0.2) is 10.4 Å². The van der Waals surface area contributed by atoms with E-state index in [-0.39, 0.29) is 11.8 Å². The highest BCUT2D eigenvalue weighted by atomic mass is 16.3. The van der Waals surface area contributed by atoms with Gasteiger partial charge in [-0.1, -0.05) is 60.7 Å². The van der Waals surface area contributed by atoms with Gasteiger partial charge >= 0.3 is 0 Å². The maximum absolute atomic E-state index is 12.9. The van der Waals surface area contributed by atoms with E-state index in [2.05, 4.69) is 35.8 Å². The van der Waals surface area contributed by atoms with Crippen LogP contribution < -0.4 is 4.57 Å². The topological polar surface area (TPSA) is 39.0 Å². The molecule has 33 heavy (non-hydrogen) atoms. The molecule has 0 aliphatic rings. The third kappa shape index (κ3) is 3.50. The van der Waals surface area contributed by atoms with Crippen LogP contribution in [0.25, 0.3) is 32.7 Å².